The van der Waals surface area contributed by atoms with E-state index in [0.717, 1.165) is 11.3 Å². The second-order valence-corrected chi connectivity index (χ2v) is 5.22. The number of nitrogens with two attached hydrogens (primary N) is 1. The summed E-state index contributed by atoms with van der Waals surface area (Å²) in [6, 6.07) is 15.5. The Hall–Kier alpha value is -1.84. The van der Waals surface area contributed by atoms with Crippen LogP contribution in [0, 0.1) is 13.8 Å². The van der Waals surface area contributed by atoms with Gasteiger partial charge in [-0.3, -0.25) is 0 Å². The molecule has 0 heterocycles. The third-order valence-electron chi connectivity index (χ3n) is 3.61. The van der Waals surface area contributed by atoms with E-state index in [1.807, 2.05) is 55.5 Å². The molecule has 0 bridgehead atoms. The summed E-state index contributed by atoms with van der Waals surface area (Å²) in [4.78, 5) is 0. The molecule has 3 heteroatoms. The fourth-order valence-electron chi connectivity index (χ4n) is 2.01. The predicted octanol–water partition coefficient (Wildman–Crippen LogP) is 2.53. The molecular weight excluding hydrogens is 250 g/mol. The minimum absolute atomic E-state index is 0.165. The number of aryl methyl sites for hydroxylation is 2. The van der Waals surface area contributed by atoms with Crippen LogP contribution in [0.4, 0.5) is 0 Å². The minimum atomic E-state index is -0.889. The molecule has 0 aromatic heterocycles. The average Bonchev–Trinajstić information content (AvgIpc) is 2.49. The lowest BCUT2D eigenvalue weighted by atomic mass is 9.93. The van der Waals surface area contributed by atoms with Crippen LogP contribution in [0.25, 0.3) is 0 Å². The Morgan fingerprint density at radius 3 is 2.35 bits per heavy atom. The Balaban J connectivity index is 2.13. The first-order chi connectivity index (χ1) is 9.55. The molecule has 20 heavy (non-hydrogen) atoms. The molecule has 2 rings (SSSR count). The summed E-state index contributed by atoms with van der Waals surface area (Å²) in [5.74, 6) is 0.771. The van der Waals surface area contributed by atoms with Crippen LogP contribution in [0.5, 0.6) is 5.75 Å². The van der Waals surface area contributed by atoms with Gasteiger partial charge in [0.1, 0.15) is 12.4 Å². The quantitative estimate of drug-likeness (QED) is 0.878. The van der Waals surface area contributed by atoms with Crippen molar-refractivity contribution in [3.05, 3.63) is 65.2 Å². The molecule has 0 spiro atoms. The summed E-state index contributed by atoms with van der Waals surface area (Å²) in [6.07, 6.45) is 0. The highest BCUT2D eigenvalue weighted by Crippen LogP contribution is 2.21. The van der Waals surface area contributed by atoms with E-state index in [9.17, 15) is 5.11 Å². The van der Waals surface area contributed by atoms with Gasteiger partial charge in [-0.05, 0) is 42.7 Å². The van der Waals surface area contributed by atoms with Crippen LogP contribution >= 0.6 is 0 Å². The summed E-state index contributed by atoms with van der Waals surface area (Å²) >= 11 is 0. The first-order valence-electron chi connectivity index (χ1n) is 6.70. The number of hydrogen-bond acceptors (Lipinski definition) is 3. The van der Waals surface area contributed by atoms with Gasteiger partial charge >= 0.3 is 0 Å². The third kappa shape index (κ3) is 3.18. The van der Waals surface area contributed by atoms with Gasteiger partial charge in [-0.1, -0.05) is 36.4 Å². The third-order valence-corrected chi connectivity index (χ3v) is 3.61. The summed E-state index contributed by atoms with van der Waals surface area (Å²) < 4.78 is 5.77. The molecule has 0 saturated heterocycles. The van der Waals surface area contributed by atoms with E-state index in [0.29, 0.717) is 0 Å². The largest absolute Gasteiger partial charge is 0.491 e. The van der Waals surface area contributed by atoms with E-state index in [2.05, 4.69) is 6.92 Å². The van der Waals surface area contributed by atoms with Gasteiger partial charge in [0.2, 0.25) is 0 Å². The van der Waals surface area contributed by atoms with Gasteiger partial charge in [0.05, 0.1) is 12.1 Å². The second-order valence-electron chi connectivity index (χ2n) is 5.22. The standard InChI is InChI=1S/C17H21NO2/c1-13-8-9-16(10-14(13)2)20-12-17(18,11-19)15-6-4-3-5-7-15/h3-10,19H,11-12,18H2,1-2H3. The van der Waals surface area contributed by atoms with E-state index < -0.39 is 5.54 Å². The zero-order chi connectivity index (χ0) is 14.6. The average molecular weight is 271 g/mol. The summed E-state index contributed by atoms with van der Waals surface area (Å²) in [5.41, 5.74) is 8.64. The molecular formula is C17H21NO2. The predicted molar refractivity (Wildman–Crippen MR) is 80.8 cm³/mol. The van der Waals surface area contributed by atoms with Crippen molar-refractivity contribution in [3.8, 4) is 5.75 Å². The monoisotopic (exact) mass is 271 g/mol. The Morgan fingerprint density at radius 2 is 1.75 bits per heavy atom. The maximum Gasteiger partial charge on any atom is 0.119 e. The first kappa shape index (κ1) is 14.6. The van der Waals surface area contributed by atoms with Crippen LogP contribution in [-0.4, -0.2) is 18.3 Å². The van der Waals surface area contributed by atoms with E-state index in [1.54, 1.807) is 0 Å². The van der Waals surface area contributed by atoms with Gasteiger partial charge in [0.25, 0.3) is 0 Å². The van der Waals surface area contributed by atoms with Crippen molar-refractivity contribution in [2.75, 3.05) is 13.2 Å². The van der Waals surface area contributed by atoms with E-state index in [1.165, 1.54) is 11.1 Å². The fraction of sp³-hybridized carbons (Fsp3) is 0.294. The van der Waals surface area contributed by atoms with Gasteiger partial charge in [0, 0.05) is 0 Å². The van der Waals surface area contributed by atoms with Crippen molar-refractivity contribution in [2.45, 2.75) is 19.4 Å². The van der Waals surface area contributed by atoms with Gasteiger partial charge in [-0.2, -0.15) is 0 Å². The van der Waals surface area contributed by atoms with E-state index in [4.69, 9.17) is 10.5 Å². The van der Waals surface area contributed by atoms with Crippen molar-refractivity contribution in [1.82, 2.24) is 0 Å². The Kier molecular flexibility index (Phi) is 4.42. The summed E-state index contributed by atoms with van der Waals surface area (Å²) in [6.45, 7) is 4.17. The molecule has 3 N–H and O–H groups in total. The number of aliphatic hydroxyl groups excluding tert-OH is 1. The molecule has 0 aliphatic heterocycles. The molecule has 3 nitrogen and oxygen atoms in total. The SMILES string of the molecule is Cc1ccc(OCC(N)(CO)c2ccccc2)cc1C. The van der Waals surface area contributed by atoms with Crippen LogP contribution in [0.15, 0.2) is 48.5 Å². The Morgan fingerprint density at radius 1 is 1.05 bits per heavy atom. The molecule has 2 aromatic rings. The molecule has 0 aliphatic carbocycles. The van der Waals surface area contributed by atoms with Crippen LogP contribution in [0.3, 0.4) is 0 Å². The van der Waals surface area contributed by atoms with Crippen LogP contribution in [-0.2, 0) is 5.54 Å². The molecule has 1 unspecified atom stereocenters. The van der Waals surface area contributed by atoms with Crippen LogP contribution in [0.2, 0.25) is 0 Å². The summed E-state index contributed by atoms with van der Waals surface area (Å²) in [7, 11) is 0. The van der Waals surface area contributed by atoms with Gasteiger partial charge in [-0.25, -0.2) is 0 Å². The molecule has 0 amide bonds. The molecule has 2 aromatic carbocycles. The Labute approximate surface area is 120 Å². The summed E-state index contributed by atoms with van der Waals surface area (Å²) in [5, 5.41) is 9.61. The van der Waals surface area contributed by atoms with Crippen LogP contribution in [0.1, 0.15) is 16.7 Å². The molecule has 1 atom stereocenters. The van der Waals surface area contributed by atoms with Crippen molar-refractivity contribution < 1.29 is 9.84 Å². The zero-order valence-corrected chi connectivity index (χ0v) is 12.0. The molecule has 0 radical (unpaired) electrons. The van der Waals surface area contributed by atoms with Gasteiger partial charge < -0.3 is 15.6 Å². The van der Waals surface area contributed by atoms with Gasteiger partial charge in [0.15, 0.2) is 0 Å². The van der Waals surface area contributed by atoms with Crippen molar-refractivity contribution in [3.63, 3.8) is 0 Å². The number of rotatable bonds is 5. The van der Waals surface area contributed by atoms with Gasteiger partial charge in [-0.15, -0.1) is 0 Å². The number of ether oxygens (including phenoxy) is 1. The smallest absolute Gasteiger partial charge is 0.119 e. The number of benzene rings is 2. The number of aliphatic hydroxyl groups is 1. The maximum absolute atomic E-state index is 9.61. The normalized spacial score (nSPS) is 13.8. The highest BCUT2D eigenvalue weighted by Gasteiger charge is 2.27. The first-order valence-corrected chi connectivity index (χ1v) is 6.70. The molecule has 106 valence electrons. The van der Waals surface area contributed by atoms with E-state index in [-0.39, 0.29) is 13.2 Å². The molecule has 0 saturated carbocycles. The van der Waals surface area contributed by atoms with Crippen molar-refractivity contribution >= 4 is 0 Å². The van der Waals surface area contributed by atoms with Crippen molar-refractivity contribution in [1.29, 1.82) is 0 Å². The van der Waals surface area contributed by atoms with Crippen molar-refractivity contribution in [2.24, 2.45) is 5.73 Å². The highest BCUT2D eigenvalue weighted by molar-refractivity contribution is 5.34. The highest BCUT2D eigenvalue weighted by atomic mass is 16.5. The Bertz CT molecular complexity index is 568. The lowest BCUT2D eigenvalue weighted by Crippen LogP contribution is -2.46. The van der Waals surface area contributed by atoms with E-state index >= 15 is 0 Å². The topological polar surface area (TPSA) is 55.5 Å². The lowest BCUT2D eigenvalue weighted by Gasteiger charge is -2.27. The minimum Gasteiger partial charge on any atom is -0.491 e. The van der Waals surface area contributed by atoms with Crippen LogP contribution < -0.4 is 10.5 Å². The number of hydrogen-bond donors (Lipinski definition) is 2. The fourth-order valence-corrected chi connectivity index (χ4v) is 2.01. The zero-order valence-electron chi connectivity index (χ0n) is 12.0. The molecule has 0 aliphatic rings. The maximum atomic E-state index is 9.61. The lowest BCUT2D eigenvalue weighted by molar-refractivity contribution is 0.133. The molecule has 0 fully saturated rings. The second kappa shape index (κ2) is 6.07.